The van der Waals surface area contributed by atoms with Gasteiger partial charge < -0.3 is 4.84 Å². The van der Waals surface area contributed by atoms with Crippen molar-refractivity contribution in [1.29, 1.82) is 0 Å². The van der Waals surface area contributed by atoms with Gasteiger partial charge in [-0.15, -0.1) is 0 Å². The number of hydrogen-bond acceptors (Lipinski definition) is 3. The molecule has 2 rings (SSSR count). The predicted octanol–water partition coefficient (Wildman–Crippen LogP) is 2.88. The molecule has 0 aliphatic rings. The van der Waals surface area contributed by atoms with E-state index in [0.717, 1.165) is 0 Å². The summed E-state index contributed by atoms with van der Waals surface area (Å²) in [7, 11) is 0. The van der Waals surface area contributed by atoms with Gasteiger partial charge in [-0.05, 0) is 17.7 Å². The molecule has 0 heterocycles. The van der Waals surface area contributed by atoms with Gasteiger partial charge in [0, 0.05) is 0 Å². The van der Waals surface area contributed by atoms with Crippen molar-refractivity contribution >= 4 is 12.2 Å². The summed E-state index contributed by atoms with van der Waals surface area (Å²) >= 11 is 0. The molecule has 0 saturated carbocycles. The van der Waals surface area contributed by atoms with Crippen LogP contribution in [0, 0.1) is 0 Å². The number of nitrogens with zero attached hydrogens (tertiary/aromatic N) is 1. The lowest BCUT2D eigenvalue weighted by Crippen LogP contribution is -2.00. The van der Waals surface area contributed by atoms with E-state index < -0.39 is 5.97 Å². The molecule has 3 nitrogen and oxygen atoms in total. The molecule has 0 aromatic heterocycles. The lowest BCUT2D eigenvalue weighted by molar-refractivity contribution is 0.0519. The van der Waals surface area contributed by atoms with E-state index in [2.05, 4.69) is 5.16 Å². The van der Waals surface area contributed by atoms with E-state index >= 15 is 0 Å². The molecule has 0 amide bonds. The third kappa shape index (κ3) is 3.28. The largest absolute Gasteiger partial charge is 0.365 e. The van der Waals surface area contributed by atoms with Gasteiger partial charge in [0.15, 0.2) is 0 Å². The molecule has 2 aromatic carbocycles. The minimum absolute atomic E-state index is 0.0834. The number of benzene rings is 2. The van der Waals surface area contributed by atoms with Crippen LogP contribution in [0.15, 0.2) is 65.8 Å². The van der Waals surface area contributed by atoms with E-state index in [1.165, 1.54) is 0 Å². The smallest absolute Gasteiger partial charge is 0.313 e. The lowest BCUT2D eigenvalue weighted by Gasteiger charge is -1.96. The van der Waals surface area contributed by atoms with Crippen molar-refractivity contribution in [3.8, 4) is 0 Å². The minimum Gasteiger partial charge on any atom is -0.313 e. The van der Waals surface area contributed by atoms with Gasteiger partial charge in [-0.2, -0.15) is 0 Å². The molecule has 2 aromatic rings. The van der Waals surface area contributed by atoms with Crippen LogP contribution in [-0.2, 0) is 4.84 Å². The van der Waals surface area contributed by atoms with Crippen molar-refractivity contribution in [3.05, 3.63) is 71.8 Å². The Labute approximate surface area is 101 Å². The van der Waals surface area contributed by atoms with Gasteiger partial charge >= 0.3 is 5.97 Å². The van der Waals surface area contributed by atoms with Crippen LogP contribution in [0.25, 0.3) is 0 Å². The Morgan fingerprint density at radius 3 is 2.29 bits per heavy atom. The van der Waals surface area contributed by atoms with Crippen molar-refractivity contribution in [2.45, 2.75) is 0 Å². The maximum absolute atomic E-state index is 11.6. The van der Waals surface area contributed by atoms with E-state index in [4.69, 9.17) is 6.21 Å². The van der Waals surface area contributed by atoms with E-state index in [-0.39, 0.29) is 6.19 Å². The topological polar surface area (TPSA) is 38.7 Å². The number of carbonyl (C=O) groups excluding carboxylic acids is 1. The second-order valence-corrected chi connectivity index (χ2v) is 3.31. The Kier molecular flexibility index (Phi) is 3.23. The van der Waals surface area contributed by atoms with E-state index in [0.29, 0.717) is 11.1 Å². The fourth-order valence-electron chi connectivity index (χ4n) is 1.26. The highest BCUT2D eigenvalue weighted by atomic mass is 16.7. The zero-order valence-corrected chi connectivity index (χ0v) is 9.04. The van der Waals surface area contributed by atoms with Crippen molar-refractivity contribution in [3.63, 3.8) is 0 Å². The summed E-state index contributed by atoms with van der Waals surface area (Å²) in [6.45, 7) is 0. The number of oxime groups is 1. The average Bonchev–Trinajstić information content (AvgIpc) is 2.46. The predicted molar refractivity (Wildman–Crippen MR) is 65.9 cm³/mol. The fraction of sp³-hybridized carbons (Fsp3) is 0. The highest BCUT2D eigenvalue weighted by Gasteiger charge is 2.04. The Morgan fingerprint density at radius 1 is 1.06 bits per heavy atom. The summed E-state index contributed by atoms with van der Waals surface area (Å²) in [5, 5.41) is 3.50. The Hall–Kier alpha value is -2.42. The van der Waals surface area contributed by atoms with Crippen LogP contribution in [0.1, 0.15) is 17.3 Å². The number of carbonyl (C=O) groups is 1. The molecule has 0 N–H and O–H groups in total. The second kappa shape index (κ2) is 5.61. The van der Waals surface area contributed by atoms with Crippen LogP contribution in [-0.4, -0.2) is 12.2 Å². The highest BCUT2D eigenvalue weighted by Crippen LogP contribution is 2.01. The van der Waals surface area contributed by atoms with Crippen LogP contribution in [0.2, 0.25) is 0 Å². The molecule has 0 radical (unpaired) electrons. The Morgan fingerprint density at radius 2 is 1.65 bits per heavy atom. The van der Waals surface area contributed by atoms with E-state index in [1.807, 2.05) is 6.07 Å². The zero-order valence-electron chi connectivity index (χ0n) is 10.0. The van der Waals surface area contributed by atoms with Gasteiger partial charge in [-0.1, -0.05) is 53.7 Å². The van der Waals surface area contributed by atoms with Crippen LogP contribution in [0.5, 0.6) is 0 Å². The maximum atomic E-state index is 11.6. The average molecular weight is 226 g/mol. The maximum Gasteiger partial charge on any atom is 0.365 e. The zero-order chi connectivity index (χ0) is 12.8. The van der Waals surface area contributed by atoms with Crippen molar-refractivity contribution < 1.29 is 11.0 Å². The minimum atomic E-state index is -0.573. The monoisotopic (exact) mass is 226 g/mol. The first kappa shape index (κ1) is 9.78. The molecule has 84 valence electrons. The third-order valence-corrected chi connectivity index (χ3v) is 2.09. The first-order valence-corrected chi connectivity index (χ1v) is 5.14. The first-order chi connectivity index (χ1) is 8.77. The third-order valence-electron chi connectivity index (χ3n) is 2.09. The molecule has 0 spiro atoms. The van der Waals surface area contributed by atoms with E-state index in [9.17, 15) is 4.79 Å². The summed E-state index contributed by atoms with van der Waals surface area (Å²) in [5.41, 5.74) is 1.00. The summed E-state index contributed by atoms with van der Waals surface area (Å²) in [6, 6.07) is 17.4. The molecule has 0 bridgehead atoms. The normalized spacial score (nSPS) is 11.8. The molecular formula is C14H11NO2. The van der Waals surface area contributed by atoms with Gasteiger partial charge in [0.05, 0.1) is 13.1 Å². The van der Waals surface area contributed by atoms with Gasteiger partial charge in [-0.3, -0.25) is 0 Å². The summed E-state index contributed by atoms with van der Waals surface area (Å²) in [5.74, 6) is -0.573. The van der Waals surface area contributed by atoms with Gasteiger partial charge in [0.1, 0.15) is 0 Å². The lowest BCUT2D eigenvalue weighted by atomic mass is 10.2. The van der Waals surface area contributed by atoms with Gasteiger partial charge in [-0.25, -0.2) is 4.79 Å². The summed E-state index contributed by atoms with van der Waals surface area (Å²) in [4.78, 5) is 16.3. The Bertz CT molecular complexity index is 553. The molecule has 0 unspecified atom stereocenters. The molecule has 0 atom stereocenters. The standard InChI is InChI=1S/C14H11NO2/c16-14(13-9-5-2-6-10-13)17-15-11-12-7-3-1-4-8-12/h1-11H/b15-11+/i11D. The van der Waals surface area contributed by atoms with Crippen LogP contribution < -0.4 is 0 Å². The fourth-order valence-corrected chi connectivity index (χ4v) is 1.26. The number of hydrogen-bond donors (Lipinski definition) is 0. The SMILES string of the molecule is [2H]/C(=N\OC(=O)c1ccccc1)c1ccccc1. The molecule has 0 fully saturated rings. The molecule has 3 heteroatoms. The van der Waals surface area contributed by atoms with Crippen LogP contribution >= 0.6 is 0 Å². The van der Waals surface area contributed by atoms with Crippen LogP contribution in [0.4, 0.5) is 0 Å². The molecule has 0 aliphatic heterocycles. The van der Waals surface area contributed by atoms with Crippen molar-refractivity contribution in [2.24, 2.45) is 5.16 Å². The summed E-state index contributed by atoms with van der Waals surface area (Å²) < 4.78 is 7.64. The van der Waals surface area contributed by atoms with Gasteiger partial charge in [0.25, 0.3) is 0 Å². The van der Waals surface area contributed by atoms with Crippen molar-refractivity contribution in [2.75, 3.05) is 0 Å². The molecule has 17 heavy (non-hydrogen) atoms. The highest BCUT2D eigenvalue weighted by molar-refractivity contribution is 5.90. The first-order valence-electron chi connectivity index (χ1n) is 5.64. The van der Waals surface area contributed by atoms with Crippen molar-refractivity contribution in [1.82, 2.24) is 0 Å². The second-order valence-electron chi connectivity index (χ2n) is 3.31. The molecule has 0 saturated heterocycles. The van der Waals surface area contributed by atoms with Gasteiger partial charge in [0.2, 0.25) is 0 Å². The summed E-state index contributed by atoms with van der Waals surface area (Å²) in [6.07, 6.45) is -0.0834. The molecule has 0 aliphatic carbocycles. The number of rotatable bonds is 3. The Balaban J connectivity index is 2.05. The van der Waals surface area contributed by atoms with Crippen LogP contribution in [0.3, 0.4) is 0 Å². The molecular weight excluding hydrogens is 214 g/mol. The van der Waals surface area contributed by atoms with E-state index in [1.54, 1.807) is 54.6 Å². The quantitative estimate of drug-likeness (QED) is 0.458.